The average molecular weight is 286 g/mol. The highest BCUT2D eigenvalue weighted by Gasteiger charge is 2.10. The van der Waals surface area contributed by atoms with Crippen LogP contribution in [0.2, 0.25) is 0 Å². The monoisotopic (exact) mass is 286 g/mol. The molecule has 3 nitrogen and oxygen atoms in total. The van der Waals surface area contributed by atoms with E-state index in [1.165, 1.54) is 10.6 Å². The lowest BCUT2D eigenvalue weighted by Gasteiger charge is -2.04. The van der Waals surface area contributed by atoms with Crippen LogP contribution in [-0.2, 0) is 0 Å². The van der Waals surface area contributed by atoms with Crippen LogP contribution in [0.5, 0.6) is 5.75 Å². The number of rotatable bonds is 4. The van der Waals surface area contributed by atoms with Crippen molar-refractivity contribution in [3.8, 4) is 17.0 Å². The van der Waals surface area contributed by atoms with Gasteiger partial charge in [-0.25, -0.2) is 4.98 Å². The molecule has 0 unspecified atom stereocenters. The number of thiazole rings is 1. The Balaban J connectivity index is 1.90. The molecular weight excluding hydrogens is 268 g/mol. The molecule has 0 amide bonds. The first-order valence-electron chi connectivity index (χ1n) is 6.87. The van der Waals surface area contributed by atoms with Crippen molar-refractivity contribution in [3.63, 3.8) is 0 Å². The number of aryl methyl sites for hydroxylation is 2. The van der Waals surface area contributed by atoms with Crippen molar-refractivity contribution in [1.29, 1.82) is 0 Å². The summed E-state index contributed by atoms with van der Waals surface area (Å²) in [6.07, 6.45) is 3.13. The molecule has 4 heteroatoms. The third kappa shape index (κ3) is 2.31. The molecule has 0 radical (unpaired) electrons. The van der Waals surface area contributed by atoms with Crippen molar-refractivity contribution < 1.29 is 4.74 Å². The van der Waals surface area contributed by atoms with E-state index in [0.29, 0.717) is 0 Å². The molecule has 0 atom stereocenters. The summed E-state index contributed by atoms with van der Waals surface area (Å²) in [7, 11) is 0. The van der Waals surface area contributed by atoms with E-state index in [0.717, 1.165) is 35.0 Å². The Bertz CT molecular complexity index is 725. The Morgan fingerprint density at radius 3 is 2.60 bits per heavy atom. The Hall–Kier alpha value is -1.81. The van der Waals surface area contributed by atoms with Crippen molar-refractivity contribution in [3.05, 3.63) is 41.0 Å². The van der Waals surface area contributed by atoms with Gasteiger partial charge >= 0.3 is 0 Å². The predicted octanol–water partition coefficient (Wildman–Crippen LogP) is 4.47. The van der Waals surface area contributed by atoms with Gasteiger partial charge in [-0.1, -0.05) is 6.92 Å². The van der Waals surface area contributed by atoms with E-state index in [9.17, 15) is 0 Å². The molecule has 0 fully saturated rings. The zero-order valence-corrected chi connectivity index (χ0v) is 12.8. The molecule has 20 heavy (non-hydrogen) atoms. The minimum atomic E-state index is 0.762. The van der Waals surface area contributed by atoms with Crippen LogP contribution in [0.4, 0.5) is 0 Å². The van der Waals surface area contributed by atoms with E-state index >= 15 is 0 Å². The summed E-state index contributed by atoms with van der Waals surface area (Å²) in [6.45, 7) is 7.13. The van der Waals surface area contributed by atoms with Crippen LogP contribution in [0, 0.1) is 13.8 Å². The van der Waals surface area contributed by atoms with Gasteiger partial charge in [-0.3, -0.25) is 4.40 Å². The second-order valence-electron chi connectivity index (χ2n) is 4.90. The number of imidazole rings is 1. The Labute approximate surface area is 122 Å². The summed E-state index contributed by atoms with van der Waals surface area (Å²) >= 11 is 1.74. The lowest BCUT2D eigenvalue weighted by atomic mass is 10.1. The minimum Gasteiger partial charge on any atom is -0.494 e. The van der Waals surface area contributed by atoms with Gasteiger partial charge in [-0.2, -0.15) is 0 Å². The molecule has 0 saturated heterocycles. The number of fused-ring (bicyclic) bond motifs is 1. The zero-order chi connectivity index (χ0) is 14.1. The van der Waals surface area contributed by atoms with Gasteiger partial charge in [0.2, 0.25) is 0 Å². The molecule has 2 aromatic heterocycles. The van der Waals surface area contributed by atoms with Gasteiger partial charge in [0, 0.05) is 22.3 Å². The molecule has 0 spiro atoms. The maximum atomic E-state index is 5.60. The number of ether oxygens (including phenoxy) is 1. The van der Waals surface area contributed by atoms with Crippen LogP contribution < -0.4 is 4.74 Å². The molecule has 0 aliphatic carbocycles. The maximum Gasteiger partial charge on any atom is 0.194 e. The molecule has 0 aliphatic heterocycles. The lowest BCUT2D eigenvalue weighted by Crippen LogP contribution is -1.94. The number of benzene rings is 1. The first-order valence-corrected chi connectivity index (χ1v) is 7.69. The molecule has 0 bridgehead atoms. The van der Waals surface area contributed by atoms with E-state index in [1.807, 2.05) is 12.1 Å². The fraction of sp³-hybridized carbons (Fsp3) is 0.312. The number of hydrogen-bond acceptors (Lipinski definition) is 3. The van der Waals surface area contributed by atoms with E-state index in [4.69, 9.17) is 9.72 Å². The summed E-state index contributed by atoms with van der Waals surface area (Å²) in [5.41, 5.74) is 3.41. The summed E-state index contributed by atoms with van der Waals surface area (Å²) in [5.74, 6) is 0.920. The van der Waals surface area contributed by atoms with Gasteiger partial charge in [-0.05, 0) is 44.5 Å². The molecule has 2 heterocycles. The third-order valence-corrected chi connectivity index (χ3v) is 4.48. The van der Waals surface area contributed by atoms with Crippen LogP contribution in [0.1, 0.15) is 23.9 Å². The average Bonchev–Trinajstić information content (AvgIpc) is 2.98. The van der Waals surface area contributed by atoms with E-state index in [2.05, 4.69) is 43.5 Å². The van der Waals surface area contributed by atoms with Crippen LogP contribution >= 0.6 is 11.3 Å². The van der Waals surface area contributed by atoms with Crippen molar-refractivity contribution in [2.45, 2.75) is 27.2 Å². The second kappa shape index (κ2) is 5.29. The van der Waals surface area contributed by atoms with Crippen LogP contribution in [0.15, 0.2) is 30.5 Å². The van der Waals surface area contributed by atoms with Crippen LogP contribution in [0.25, 0.3) is 16.2 Å². The highest BCUT2D eigenvalue weighted by molar-refractivity contribution is 7.17. The highest BCUT2D eigenvalue weighted by atomic mass is 32.1. The van der Waals surface area contributed by atoms with Crippen molar-refractivity contribution in [1.82, 2.24) is 9.38 Å². The molecule has 3 aromatic rings. The Morgan fingerprint density at radius 2 is 1.95 bits per heavy atom. The first kappa shape index (κ1) is 13.2. The predicted molar refractivity (Wildman–Crippen MR) is 83.8 cm³/mol. The number of aromatic nitrogens is 2. The number of hydrogen-bond donors (Lipinski definition) is 0. The van der Waals surface area contributed by atoms with Gasteiger partial charge in [-0.15, -0.1) is 11.3 Å². The molecule has 1 aromatic carbocycles. The van der Waals surface area contributed by atoms with E-state index in [1.54, 1.807) is 11.3 Å². The molecule has 0 saturated carbocycles. The second-order valence-corrected chi connectivity index (χ2v) is 6.08. The van der Waals surface area contributed by atoms with Crippen LogP contribution in [0.3, 0.4) is 0 Å². The number of nitrogens with zero attached hydrogens (tertiary/aromatic N) is 2. The van der Waals surface area contributed by atoms with Crippen molar-refractivity contribution in [2.24, 2.45) is 0 Å². The fourth-order valence-corrected chi connectivity index (χ4v) is 3.09. The van der Waals surface area contributed by atoms with Gasteiger partial charge in [0.1, 0.15) is 5.75 Å². The molecule has 3 rings (SSSR count). The molecule has 0 N–H and O–H groups in total. The highest BCUT2D eigenvalue weighted by Crippen LogP contribution is 2.27. The lowest BCUT2D eigenvalue weighted by molar-refractivity contribution is 0.317. The summed E-state index contributed by atoms with van der Waals surface area (Å²) in [4.78, 5) is 7.08. The van der Waals surface area contributed by atoms with Gasteiger partial charge in [0.25, 0.3) is 0 Å². The quantitative estimate of drug-likeness (QED) is 0.707. The topological polar surface area (TPSA) is 26.5 Å². The van der Waals surface area contributed by atoms with Gasteiger partial charge in [0.15, 0.2) is 4.96 Å². The Kier molecular flexibility index (Phi) is 3.49. The molecule has 104 valence electrons. The van der Waals surface area contributed by atoms with Crippen molar-refractivity contribution >= 4 is 16.3 Å². The van der Waals surface area contributed by atoms with E-state index in [-0.39, 0.29) is 0 Å². The van der Waals surface area contributed by atoms with Gasteiger partial charge < -0.3 is 4.74 Å². The van der Waals surface area contributed by atoms with Crippen molar-refractivity contribution in [2.75, 3.05) is 6.61 Å². The largest absolute Gasteiger partial charge is 0.494 e. The smallest absolute Gasteiger partial charge is 0.194 e. The summed E-state index contributed by atoms with van der Waals surface area (Å²) < 4.78 is 7.76. The standard InChI is InChI=1S/C16H18N2OS/c1-4-9-19-14-7-5-13(6-8-14)15-10-18-11(2)12(3)20-16(18)17-15/h5-8,10H,4,9H2,1-3H3. The minimum absolute atomic E-state index is 0.762. The third-order valence-electron chi connectivity index (χ3n) is 3.41. The van der Waals surface area contributed by atoms with Crippen LogP contribution in [-0.4, -0.2) is 16.0 Å². The SMILES string of the molecule is CCCOc1ccc(-c2cn3c(C)c(C)sc3n2)cc1. The maximum absolute atomic E-state index is 5.60. The van der Waals surface area contributed by atoms with Gasteiger partial charge in [0.05, 0.1) is 12.3 Å². The Morgan fingerprint density at radius 1 is 1.20 bits per heavy atom. The van der Waals surface area contributed by atoms with E-state index < -0.39 is 0 Å². The first-order chi connectivity index (χ1) is 9.69. The normalized spacial score (nSPS) is 11.2. The zero-order valence-electron chi connectivity index (χ0n) is 12.0. The summed E-state index contributed by atoms with van der Waals surface area (Å²) in [6, 6.07) is 8.16. The molecular formula is C16H18N2OS. The fourth-order valence-electron chi connectivity index (χ4n) is 2.14. The molecule has 0 aliphatic rings. The summed E-state index contributed by atoms with van der Waals surface area (Å²) in [5, 5.41) is 0.